The molecular weight excluding hydrogens is 476 g/mol. The predicted molar refractivity (Wildman–Crippen MR) is 150 cm³/mol. The number of carbonyl (C=O) groups is 1. The summed E-state index contributed by atoms with van der Waals surface area (Å²) in [5.41, 5.74) is 2.72. The Kier molecular flexibility index (Phi) is 7.44. The minimum Gasteiger partial charge on any atom is -0.350 e. The topological polar surface area (TPSA) is 100 Å². The number of amides is 2. The average Bonchev–Trinajstić information content (AvgIpc) is 3.76. The summed E-state index contributed by atoms with van der Waals surface area (Å²) < 4.78 is 0. The van der Waals surface area contributed by atoms with Gasteiger partial charge in [-0.2, -0.15) is 5.26 Å². The highest BCUT2D eigenvalue weighted by Crippen LogP contribution is 2.39. The van der Waals surface area contributed by atoms with Crippen molar-refractivity contribution in [1.82, 2.24) is 25.1 Å². The molecule has 2 atom stereocenters. The molecule has 2 saturated heterocycles. The number of hydrogen-bond donors (Lipinski definition) is 2. The average molecular weight is 517 g/mol. The second-order valence-electron chi connectivity index (χ2n) is 11.6. The van der Waals surface area contributed by atoms with E-state index in [4.69, 9.17) is 4.98 Å². The third kappa shape index (κ3) is 5.56. The van der Waals surface area contributed by atoms with Gasteiger partial charge in [0.2, 0.25) is 0 Å². The highest BCUT2D eigenvalue weighted by atomic mass is 16.2. The van der Waals surface area contributed by atoms with Gasteiger partial charge in [0.15, 0.2) is 11.5 Å². The Morgan fingerprint density at radius 1 is 1.13 bits per heavy atom. The van der Waals surface area contributed by atoms with Gasteiger partial charge >= 0.3 is 6.03 Å². The molecule has 0 bridgehead atoms. The molecule has 5 rings (SSSR count). The van der Waals surface area contributed by atoms with Crippen LogP contribution in [0.3, 0.4) is 0 Å². The summed E-state index contributed by atoms with van der Waals surface area (Å²) in [6, 6.07) is 11.6. The number of likely N-dealkylation sites (tertiary alicyclic amines) is 1. The summed E-state index contributed by atoms with van der Waals surface area (Å²) in [7, 11) is 3.49. The maximum Gasteiger partial charge on any atom is 0.317 e. The van der Waals surface area contributed by atoms with Gasteiger partial charge in [0, 0.05) is 38.4 Å². The minimum atomic E-state index is -0.0947. The van der Waals surface area contributed by atoms with Crippen LogP contribution in [0.5, 0.6) is 0 Å². The van der Waals surface area contributed by atoms with E-state index in [1.54, 1.807) is 25.2 Å². The number of urea groups is 1. The van der Waals surface area contributed by atoms with E-state index in [1.807, 2.05) is 0 Å². The number of nitrogens with zero attached hydrogens (tertiary/aromatic N) is 6. The van der Waals surface area contributed by atoms with Gasteiger partial charge in [-0.15, -0.1) is 0 Å². The Morgan fingerprint density at radius 3 is 2.47 bits per heavy atom. The predicted octanol–water partition coefficient (Wildman–Crippen LogP) is 4.24. The van der Waals surface area contributed by atoms with Crippen LogP contribution in [0.4, 0.5) is 22.1 Å². The van der Waals surface area contributed by atoms with Crippen LogP contribution in [0.2, 0.25) is 0 Å². The van der Waals surface area contributed by atoms with Crippen LogP contribution in [0.1, 0.15) is 63.6 Å². The lowest BCUT2D eigenvalue weighted by Crippen LogP contribution is -2.56. The zero-order valence-corrected chi connectivity index (χ0v) is 23.1. The number of anilines is 3. The molecule has 38 heavy (non-hydrogen) atoms. The Labute approximate surface area is 226 Å². The largest absolute Gasteiger partial charge is 0.350 e. The maximum absolute atomic E-state index is 12.2. The van der Waals surface area contributed by atoms with Gasteiger partial charge in [0.1, 0.15) is 11.9 Å². The van der Waals surface area contributed by atoms with Crippen LogP contribution in [-0.2, 0) is 5.41 Å². The minimum absolute atomic E-state index is 0.0116. The van der Waals surface area contributed by atoms with Gasteiger partial charge in [-0.1, -0.05) is 19.1 Å². The first-order valence-corrected chi connectivity index (χ1v) is 13.9. The fraction of sp³-hybridized carbons (Fsp3) is 0.586. The van der Waals surface area contributed by atoms with Gasteiger partial charge in [-0.25, -0.2) is 14.8 Å². The molecule has 2 amide bonds. The van der Waals surface area contributed by atoms with Crippen molar-refractivity contribution in [3.05, 3.63) is 41.7 Å². The molecule has 3 aliphatic rings. The van der Waals surface area contributed by atoms with Gasteiger partial charge in [-0.05, 0) is 81.6 Å². The number of rotatable bonds is 6. The quantitative estimate of drug-likeness (QED) is 0.592. The zero-order valence-electron chi connectivity index (χ0n) is 23.1. The van der Waals surface area contributed by atoms with E-state index in [1.165, 1.54) is 44.3 Å². The number of nitrogens with one attached hydrogen (secondary N) is 2. The molecule has 2 unspecified atom stereocenters. The summed E-state index contributed by atoms with van der Waals surface area (Å²) in [5.74, 6) is 1.16. The van der Waals surface area contributed by atoms with Gasteiger partial charge in [0.25, 0.3) is 0 Å². The van der Waals surface area contributed by atoms with Crippen LogP contribution >= 0.6 is 0 Å². The van der Waals surface area contributed by atoms with Gasteiger partial charge in [-0.3, -0.25) is 0 Å². The monoisotopic (exact) mass is 516 g/mol. The third-order valence-electron chi connectivity index (χ3n) is 8.67. The lowest BCUT2D eigenvalue weighted by Gasteiger charge is -2.40. The van der Waals surface area contributed by atoms with Crippen molar-refractivity contribution < 1.29 is 4.79 Å². The van der Waals surface area contributed by atoms with Gasteiger partial charge in [0.05, 0.1) is 12.2 Å². The lowest BCUT2D eigenvalue weighted by molar-refractivity contribution is 0.161. The van der Waals surface area contributed by atoms with Crippen molar-refractivity contribution in [2.24, 2.45) is 0 Å². The first kappa shape index (κ1) is 26.2. The molecule has 3 heterocycles. The Balaban J connectivity index is 1.29. The molecule has 2 aliphatic heterocycles. The van der Waals surface area contributed by atoms with Crippen molar-refractivity contribution in [2.75, 3.05) is 43.9 Å². The smallest absolute Gasteiger partial charge is 0.317 e. The summed E-state index contributed by atoms with van der Waals surface area (Å²) in [6.07, 6.45) is 8.63. The van der Waals surface area contributed by atoms with Crippen LogP contribution in [-0.4, -0.2) is 77.7 Å². The van der Waals surface area contributed by atoms with Crippen LogP contribution in [0, 0.1) is 11.3 Å². The van der Waals surface area contributed by atoms with E-state index in [0.29, 0.717) is 11.6 Å². The number of hydrogen-bond acceptors (Lipinski definition) is 7. The molecule has 3 fully saturated rings. The van der Waals surface area contributed by atoms with E-state index in [9.17, 15) is 10.1 Å². The standard InChI is InChI=1S/C29H40N8O/c1-20-24(33-28(38)35(3)4)6-5-15-37(20)26-19-31-25(18-30)27(34-26)32-22-9-7-21(8-10-22)29(2)13-16-36(17-14-29)23-11-12-23/h7-10,19-20,23-24H,5-6,11-17H2,1-4H3,(H,32,34)(H,33,38). The molecular formula is C29H40N8O. The van der Waals surface area contributed by atoms with Crippen molar-refractivity contribution in [3.63, 3.8) is 0 Å². The second-order valence-corrected chi connectivity index (χ2v) is 11.6. The first-order valence-electron chi connectivity index (χ1n) is 13.9. The zero-order chi connectivity index (χ0) is 26.9. The summed E-state index contributed by atoms with van der Waals surface area (Å²) in [5, 5.41) is 16.2. The molecule has 2 aromatic rings. The Morgan fingerprint density at radius 2 is 1.84 bits per heavy atom. The van der Waals surface area contributed by atoms with Crippen LogP contribution < -0.4 is 15.5 Å². The highest BCUT2D eigenvalue weighted by molar-refractivity contribution is 5.74. The van der Waals surface area contributed by atoms with E-state index < -0.39 is 0 Å². The van der Waals surface area contributed by atoms with E-state index in [-0.39, 0.29) is 29.2 Å². The molecule has 2 N–H and O–H groups in total. The van der Waals surface area contributed by atoms with Crippen LogP contribution in [0.25, 0.3) is 0 Å². The fourth-order valence-electron chi connectivity index (χ4n) is 5.84. The molecule has 0 spiro atoms. The normalized spacial score (nSPS) is 23.4. The Hall–Kier alpha value is -3.38. The molecule has 1 aromatic carbocycles. The lowest BCUT2D eigenvalue weighted by atomic mass is 9.74. The molecule has 202 valence electrons. The molecule has 9 heteroatoms. The summed E-state index contributed by atoms with van der Waals surface area (Å²) >= 11 is 0. The van der Waals surface area contributed by atoms with Gasteiger partial charge < -0.3 is 25.3 Å². The van der Waals surface area contributed by atoms with E-state index in [2.05, 4.69) is 69.6 Å². The number of aromatic nitrogens is 2. The first-order chi connectivity index (χ1) is 18.3. The molecule has 1 aromatic heterocycles. The summed E-state index contributed by atoms with van der Waals surface area (Å²) in [4.78, 5) is 27.9. The molecule has 1 aliphatic carbocycles. The summed E-state index contributed by atoms with van der Waals surface area (Å²) in [6.45, 7) is 7.67. The van der Waals surface area contributed by atoms with E-state index >= 15 is 0 Å². The molecule has 9 nitrogen and oxygen atoms in total. The molecule has 1 saturated carbocycles. The number of benzene rings is 1. The number of nitriles is 1. The number of piperidine rings is 2. The molecule has 0 radical (unpaired) electrons. The van der Waals surface area contributed by atoms with Crippen LogP contribution in [0.15, 0.2) is 30.5 Å². The van der Waals surface area contributed by atoms with Crippen molar-refractivity contribution >= 4 is 23.4 Å². The second kappa shape index (κ2) is 10.8. The third-order valence-corrected chi connectivity index (χ3v) is 8.67. The number of carbonyl (C=O) groups excluding carboxylic acids is 1. The Bertz CT molecular complexity index is 1180. The van der Waals surface area contributed by atoms with Crippen molar-refractivity contribution in [3.8, 4) is 6.07 Å². The SMILES string of the molecule is CC1C(NC(=O)N(C)C)CCCN1c1cnc(C#N)c(Nc2ccc(C3(C)CCN(C4CC4)CC3)cc2)n1. The van der Waals surface area contributed by atoms with E-state index in [0.717, 1.165) is 31.1 Å². The highest BCUT2D eigenvalue weighted by Gasteiger charge is 2.37. The van der Waals surface area contributed by atoms with Crippen molar-refractivity contribution in [2.45, 2.75) is 75.9 Å². The maximum atomic E-state index is 12.2. The van der Waals surface area contributed by atoms with Crippen molar-refractivity contribution in [1.29, 1.82) is 5.26 Å². The fourth-order valence-corrected chi connectivity index (χ4v) is 5.84.